The summed E-state index contributed by atoms with van der Waals surface area (Å²) in [7, 11) is 0. The van der Waals surface area contributed by atoms with Crippen LogP contribution >= 0.6 is 11.3 Å². The number of aromatic nitrogens is 5. The van der Waals surface area contributed by atoms with Crippen LogP contribution in [0.25, 0.3) is 17.1 Å². The Hall–Kier alpha value is -1.95. The molecule has 0 aromatic carbocycles. The van der Waals surface area contributed by atoms with Crippen LogP contribution in [-0.4, -0.2) is 24.7 Å². The number of hydrogen-bond donors (Lipinski definition) is 1. The highest BCUT2D eigenvalue weighted by molar-refractivity contribution is 7.07. The molecule has 0 fully saturated rings. The number of nitrogens with one attached hydrogen (secondary N) is 1. The lowest BCUT2D eigenvalue weighted by Crippen LogP contribution is -1.85. The predicted molar refractivity (Wildman–Crippen MR) is 56.8 cm³/mol. The third kappa shape index (κ3) is 1.44. The molecule has 3 heterocycles. The van der Waals surface area contributed by atoms with E-state index < -0.39 is 0 Å². The van der Waals surface area contributed by atoms with Gasteiger partial charge >= 0.3 is 0 Å². The van der Waals surface area contributed by atoms with Crippen molar-refractivity contribution in [3.05, 3.63) is 35.8 Å². The lowest BCUT2D eigenvalue weighted by molar-refractivity contribution is 1.06. The third-order valence-electron chi connectivity index (χ3n) is 2.06. The molecule has 0 spiro atoms. The highest BCUT2D eigenvalue weighted by atomic mass is 32.1. The Morgan fingerprint density at radius 2 is 2.27 bits per heavy atom. The minimum atomic E-state index is 0.873. The van der Waals surface area contributed by atoms with Gasteiger partial charge in [-0.05, 0) is 0 Å². The van der Waals surface area contributed by atoms with Crippen LogP contribution in [-0.2, 0) is 0 Å². The first-order chi connectivity index (χ1) is 7.43. The Balaban J connectivity index is 2.02. The minimum absolute atomic E-state index is 0.873. The predicted octanol–water partition coefficient (Wildman–Crippen LogP) is 1.72. The lowest BCUT2D eigenvalue weighted by atomic mass is 10.4. The monoisotopic (exact) mass is 217 g/mol. The summed E-state index contributed by atoms with van der Waals surface area (Å²) >= 11 is 1.56. The van der Waals surface area contributed by atoms with Gasteiger partial charge in [0.05, 0.1) is 17.4 Å². The molecule has 15 heavy (non-hydrogen) atoms. The Kier molecular flexibility index (Phi) is 1.85. The number of thiazole rings is 1. The van der Waals surface area contributed by atoms with Gasteiger partial charge in [-0.25, -0.2) is 9.97 Å². The fourth-order valence-electron chi connectivity index (χ4n) is 1.32. The maximum absolute atomic E-state index is 4.28. The van der Waals surface area contributed by atoms with Crippen LogP contribution in [0.1, 0.15) is 0 Å². The van der Waals surface area contributed by atoms with E-state index in [-0.39, 0.29) is 0 Å². The topological polar surface area (TPSA) is 59.4 Å². The van der Waals surface area contributed by atoms with Crippen molar-refractivity contribution in [2.24, 2.45) is 0 Å². The fraction of sp³-hybridized carbons (Fsp3) is 0. The van der Waals surface area contributed by atoms with E-state index in [1.54, 1.807) is 29.4 Å². The Labute approximate surface area is 89.4 Å². The van der Waals surface area contributed by atoms with E-state index in [1.807, 2.05) is 22.3 Å². The molecule has 0 aliphatic heterocycles. The molecule has 5 nitrogen and oxygen atoms in total. The summed E-state index contributed by atoms with van der Waals surface area (Å²) in [5.41, 5.74) is 4.54. The number of imidazole rings is 1. The number of nitrogens with zero attached hydrogens (tertiary/aromatic N) is 4. The van der Waals surface area contributed by atoms with Gasteiger partial charge in [0.25, 0.3) is 0 Å². The van der Waals surface area contributed by atoms with Gasteiger partial charge < -0.3 is 4.57 Å². The van der Waals surface area contributed by atoms with Crippen molar-refractivity contribution in [3.8, 4) is 17.1 Å². The first-order valence-corrected chi connectivity index (χ1v) is 5.29. The summed E-state index contributed by atoms with van der Waals surface area (Å²) < 4.78 is 1.90. The zero-order valence-corrected chi connectivity index (χ0v) is 8.48. The van der Waals surface area contributed by atoms with Crippen molar-refractivity contribution in [3.63, 3.8) is 0 Å². The van der Waals surface area contributed by atoms with Crippen molar-refractivity contribution in [1.82, 2.24) is 24.7 Å². The molecule has 0 saturated heterocycles. The molecule has 0 atom stereocenters. The Morgan fingerprint density at radius 1 is 1.27 bits per heavy atom. The molecule has 3 rings (SSSR count). The first kappa shape index (κ1) is 8.37. The van der Waals surface area contributed by atoms with Gasteiger partial charge in [0.15, 0.2) is 0 Å². The van der Waals surface area contributed by atoms with Crippen molar-refractivity contribution >= 4 is 11.3 Å². The van der Waals surface area contributed by atoms with Crippen LogP contribution in [0.5, 0.6) is 0 Å². The second-order valence-electron chi connectivity index (χ2n) is 3.00. The molecule has 0 radical (unpaired) electrons. The maximum Gasteiger partial charge on any atom is 0.108 e. The van der Waals surface area contributed by atoms with E-state index in [0.29, 0.717) is 0 Å². The number of rotatable bonds is 2. The van der Waals surface area contributed by atoms with Crippen LogP contribution in [0.15, 0.2) is 35.8 Å². The summed E-state index contributed by atoms with van der Waals surface area (Å²) in [4.78, 5) is 8.48. The normalized spacial score (nSPS) is 10.7. The van der Waals surface area contributed by atoms with E-state index >= 15 is 0 Å². The largest absolute Gasteiger partial charge is 0.303 e. The molecule has 0 amide bonds. The van der Waals surface area contributed by atoms with Crippen molar-refractivity contribution in [1.29, 1.82) is 0 Å². The van der Waals surface area contributed by atoms with Gasteiger partial charge in [0.1, 0.15) is 17.7 Å². The van der Waals surface area contributed by atoms with Crippen LogP contribution in [0.2, 0.25) is 0 Å². The average molecular weight is 217 g/mol. The molecule has 0 aliphatic rings. The average Bonchev–Trinajstić information content (AvgIpc) is 3.02. The smallest absolute Gasteiger partial charge is 0.108 e. The number of hydrogen-bond acceptors (Lipinski definition) is 4. The second-order valence-corrected chi connectivity index (χ2v) is 3.72. The van der Waals surface area contributed by atoms with E-state index in [0.717, 1.165) is 17.1 Å². The van der Waals surface area contributed by atoms with Crippen molar-refractivity contribution in [2.75, 3.05) is 0 Å². The molecule has 0 unspecified atom stereocenters. The van der Waals surface area contributed by atoms with E-state index in [2.05, 4.69) is 20.2 Å². The zero-order valence-electron chi connectivity index (χ0n) is 7.66. The van der Waals surface area contributed by atoms with Crippen LogP contribution in [0.4, 0.5) is 0 Å². The summed E-state index contributed by atoms with van der Waals surface area (Å²) in [6, 6.07) is 0. The summed E-state index contributed by atoms with van der Waals surface area (Å²) in [5.74, 6) is 0. The SMILES string of the molecule is c1nc(-c2cn(-c3cn[nH]c3)cn2)cs1. The van der Waals surface area contributed by atoms with E-state index in [1.165, 1.54) is 0 Å². The molecule has 74 valence electrons. The zero-order chi connectivity index (χ0) is 10.1. The standard InChI is InChI=1S/C9H7N5S/c1-7(2-13-12-1)14-3-8(10-5-14)9-4-15-6-11-9/h1-6H,(H,12,13). The van der Waals surface area contributed by atoms with Gasteiger partial charge in [-0.1, -0.05) is 0 Å². The highest BCUT2D eigenvalue weighted by Gasteiger charge is 2.05. The molecule has 6 heteroatoms. The quantitative estimate of drug-likeness (QED) is 0.711. The van der Waals surface area contributed by atoms with Crippen LogP contribution in [0, 0.1) is 0 Å². The van der Waals surface area contributed by atoms with Gasteiger partial charge in [-0.2, -0.15) is 5.10 Å². The van der Waals surface area contributed by atoms with Crippen molar-refractivity contribution in [2.45, 2.75) is 0 Å². The first-order valence-electron chi connectivity index (χ1n) is 4.35. The van der Waals surface area contributed by atoms with Gasteiger partial charge in [-0.15, -0.1) is 11.3 Å². The molecule has 0 bridgehead atoms. The molecular formula is C9H7N5S. The third-order valence-corrected chi connectivity index (χ3v) is 2.65. The maximum atomic E-state index is 4.28. The minimum Gasteiger partial charge on any atom is -0.303 e. The Bertz CT molecular complexity index is 488. The fourth-order valence-corrected chi connectivity index (χ4v) is 1.87. The molecule has 3 aromatic rings. The van der Waals surface area contributed by atoms with E-state index in [4.69, 9.17) is 0 Å². The molecular weight excluding hydrogens is 210 g/mol. The van der Waals surface area contributed by atoms with Gasteiger partial charge in [-0.3, -0.25) is 5.10 Å². The van der Waals surface area contributed by atoms with Gasteiger partial charge in [0, 0.05) is 17.8 Å². The van der Waals surface area contributed by atoms with Crippen LogP contribution < -0.4 is 0 Å². The summed E-state index contributed by atoms with van der Waals surface area (Å²) in [6.07, 6.45) is 7.23. The van der Waals surface area contributed by atoms with E-state index in [9.17, 15) is 0 Å². The Morgan fingerprint density at radius 3 is 3.00 bits per heavy atom. The van der Waals surface area contributed by atoms with Crippen LogP contribution in [0.3, 0.4) is 0 Å². The molecule has 3 aromatic heterocycles. The summed E-state index contributed by atoms with van der Waals surface area (Å²) in [6.45, 7) is 0. The number of H-pyrrole nitrogens is 1. The molecule has 0 saturated carbocycles. The molecule has 1 N–H and O–H groups in total. The molecule has 0 aliphatic carbocycles. The second kappa shape index (κ2) is 3.32. The summed E-state index contributed by atoms with van der Waals surface area (Å²) in [5, 5.41) is 8.62. The highest BCUT2D eigenvalue weighted by Crippen LogP contribution is 2.17. The number of aromatic amines is 1. The van der Waals surface area contributed by atoms with Crippen molar-refractivity contribution < 1.29 is 0 Å². The lowest BCUT2D eigenvalue weighted by Gasteiger charge is -1.92. The van der Waals surface area contributed by atoms with Gasteiger partial charge in [0.2, 0.25) is 0 Å².